The van der Waals surface area contributed by atoms with Crippen LogP contribution in [0.15, 0.2) is 0 Å². The van der Waals surface area contributed by atoms with E-state index >= 15 is 0 Å². The maximum atomic E-state index is 14.5. The summed E-state index contributed by atoms with van der Waals surface area (Å²) in [6, 6.07) is -3.52. The van der Waals surface area contributed by atoms with Gasteiger partial charge in [-0.2, -0.15) is 0 Å². The van der Waals surface area contributed by atoms with Crippen LogP contribution in [-0.4, -0.2) is 102 Å². The molecule has 1 aliphatic heterocycles. The summed E-state index contributed by atoms with van der Waals surface area (Å²) in [5, 5.41) is 10.7. The summed E-state index contributed by atoms with van der Waals surface area (Å²) in [4.78, 5) is 69.8. The highest BCUT2D eigenvalue weighted by Crippen LogP contribution is 2.65. The number of amides is 5. The van der Waals surface area contributed by atoms with Crippen LogP contribution in [0.4, 0.5) is 4.79 Å². The van der Waals surface area contributed by atoms with Crippen LogP contribution < -0.4 is 21.3 Å². The number of ketones is 1. The van der Waals surface area contributed by atoms with Crippen molar-refractivity contribution in [2.45, 2.75) is 160 Å². The van der Waals surface area contributed by atoms with E-state index in [0.717, 1.165) is 44.9 Å². The molecule has 13 nitrogen and oxygen atoms in total. The van der Waals surface area contributed by atoms with Crippen molar-refractivity contribution < 1.29 is 32.4 Å². The molecular weight excluding hydrogens is 660 g/mol. The largest absolute Gasteiger partial charge is 0.347 e. The number of hydrogen-bond donors (Lipinski definition) is 4. The molecule has 6 atom stereocenters. The van der Waals surface area contributed by atoms with E-state index in [4.69, 9.17) is 0 Å². The lowest BCUT2D eigenvalue weighted by Crippen LogP contribution is -2.66. The summed E-state index contributed by atoms with van der Waals surface area (Å²) >= 11 is 0. The number of nitrogens with one attached hydrogen (secondary N) is 4. The Kier molecular flexibility index (Phi) is 10.8. The second-order valence-electron chi connectivity index (χ2n) is 17.4. The van der Waals surface area contributed by atoms with Gasteiger partial charge >= 0.3 is 6.03 Å². The molecule has 282 valence electrons. The standard InChI is InChI=1S/C36H60N6O7S/c1-9-13-25(28(43)31(45)37-22-14-15-22)38-30(44)27-26-24(35(26,6)7)20-42(27)32(46)29(34(3,4)5)39-33(47)40-36(18-11-10-12-19-36)21(2)50(48,49)41(8)23-16-17-23/h21-27,29H,9-20H2,1-8H3,(H,37,45)(H,38,44)(H2,39,40,47)/t21-,24+,25+,26+,27+,29-/m1/s1. The van der Waals surface area contributed by atoms with Crippen molar-refractivity contribution in [1.29, 1.82) is 0 Å². The van der Waals surface area contributed by atoms with E-state index in [2.05, 4.69) is 35.1 Å². The van der Waals surface area contributed by atoms with Crippen LogP contribution in [0.3, 0.4) is 0 Å². The van der Waals surface area contributed by atoms with Gasteiger partial charge in [0.2, 0.25) is 27.6 Å². The Hall–Kier alpha value is -2.74. The van der Waals surface area contributed by atoms with Gasteiger partial charge in [0.25, 0.3) is 5.91 Å². The van der Waals surface area contributed by atoms with Gasteiger partial charge in [-0.25, -0.2) is 17.5 Å². The predicted octanol–water partition coefficient (Wildman–Crippen LogP) is 2.83. The van der Waals surface area contributed by atoms with Crippen molar-refractivity contribution >= 4 is 39.6 Å². The summed E-state index contributed by atoms with van der Waals surface area (Å²) in [6.07, 6.45) is 7.72. The first kappa shape index (κ1) is 38.5. The summed E-state index contributed by atoms with van der Waals surface area (Å²) in [6.45, 7) is 13.5. The number of carbonyl (C=O) groups excluding carboxylic acids is 5. The van der Waals surface area contributed by atoms with E-state index in [1.54, 1.807) is 14.0 Å². The number of likely N-dealkylation sites (tertiary alicyclic amines) is 1. The van der Waals surface area contributed by atoms with Crippen molar-refractivity contribution in [2.75, 3.05) is 13.6 Å². The van der Waals surface area contributed by atoms with Crippen LogP contribution in [0.25, 0.3) is 0 Å². The number of Topliss-reactive ketones (excluding diaryl/α,β-unsaturated/α-hetero) is 1. The molecule has 0 aromatic rings. The Morgan fingerprint density at radius 1 is 0.960 bits per heavy atom. The van der Waals surface area contributed by atoms with E-state index in [0.29, 0.717) is 32.2 Å². The molecule has 0 unspecified atom stereocenters. The van der Waals surface area contributed by atoms with Gasteiger partial charge in [0.1, 0.15) is 12.1 Å². The highest BCUT2D eigenvalue weighted by Gasteiger charge is 2.70. The molecule has 14 heteroatoms. The molecule has 0 bridgehead atoms. The van der Waals surface area contributed by atoms with Crippen molar-refractivity contribution in [3.63, 3.8) is 0 Å². The number of hydrogen-bond acceptors (Lipinski definition) is 7. The Balaban J connectivity index is 1.34. The minimum absolute atomic E-state index is 0.00290. The molecule has 0 aromatic carbocycles. The average Bonchev–Trinajstić information content (AvgIpc) is 4.00. The van der Waals surface area contributed by atoms with Gasteiger partial charge < -0.3 is 26.2 Å². The van der Waals surface area contributed by atoms with Crippen molar-refractivity contribution in [3.8, 4) is 0 Å². The van der Waals surface area contributed by atoms with Crippen LogP contribution in [0.5, 0.6) is 0 Å². The Labute approximate surface area is 298 Å². The Morgan fingerprint density at radius 3 is 2.12 bits per heavy atom. The number of nitrogens with zero attached hydrogens (tertiary/aromatic N) is 2. The van der Waals surface area contributed by atoms with Gasteiger partial charge in [0.05, 0.1) is 16.8 Å². The van der Waals surface area contributed by atoms with Gasteiger partial charge in [0, 0.05) is 25.7 Å². The second kappa shape index (κ2) is 14.0. The van der Waals surface area contributed by atoms with Crippen LogP contribution in [-0.2, 0) is 29.2 Å². The van der Waals surface area contributed by atoms with Gasteiger partial charge in [-0.15, -0.1) is 0 Å². The number of carbonyl (C=O) groups is 5. The number of fused-ring (bicyclic) bond motifs is 1. The van der Waals surface area contributed by atoms with Gasteiger partial charge in [-0.3, -0.25) is 19.2 Å². The van der Waals surface area contributed by atoms with Crippen molar-refractivity contribution in [3.05, 3.63) is 0 Å². The smallest absolute Gasteiger partial charge is 0.315 e. The Bertz CT molecular complexity index is 1460. The number of rotatable bonds is 14. The molecule has 4 aliphatic carbocycles. The molecule has 0 spiro atoms. The quantitative estimate of drug-likeness (QED) is 0.200. The molecular formula is C36H60N6O7S. The second-order valence-corrected chi connectivity index (χ2v) is 19.7. The van der Waals surface area contributed by atoms with Crippen molar-refractivity contribution in [1.82, 2.24) is 30.5 Å². The first-order valence-corrected chi connectivity index (χ1v) is 20.3. The molecule has 50 heavy (non-hydrogen) atoms. The van der Waals surface area contributed by atoms with Gasteiger partial charge in [0.15, 0.2) is 0 Å². The molecule has 1 heterocycles. The van der Waals surface area contributed by atoms with Gasteiger partial charge in [-0.1, -0.05) is 67.2 Å². The lowest BCUT2D eigenvalue weighted by molar-refractivity contribution is -0.145. The molecule has 5 aliphatic rings. The lowest BCUT2D eigenvalue weighted by atomic mass is 9.79. The van der Waals surface area contributed by atoms with Crippen LogP contribution in [0.1, 0.15) is 119 Å². The van der Waals surface area contributed by atoms with E-state index in [9.17, 15) is 32.4 Å². The van der Waals surface area contributed by atoms with Crippen LogP contribution >= 0.6 is 0 Å². The topological polar surface area (TPSA) is 174 Å². The predicted molar refractivity (Wildman–Crippen MR) is 189 cm³/mol. The van der Waals surface area contributed by atoms with Crippen LogP contribution in [0.2, 0.25) is 0 Å². The first-order chi connectivity index (χ1) is 23.3. The van der Waals surface area contributed by atoms with E-state index in [1.165, 1.54) is 9.21 Å². The van der Waals surface area contributed by atoms with Crippen molar-refractivity contribution in [2.24, 2.45) is 22.7 Å². The highest BCUT2D eigenvalue weighted by molar-refractivity contribution is 7.89. The molecule has 4 saturated carbocycles. The van der Waals surface area contributed by atoms with E-state index in [1.807, 2.05) is 27.7 Å². The number of piperidine rings is 1. The minimum Gasteiger partial charge on any atom is -0.347 e. The third kappa shape index (κ3) is 7.71. The monoisotopic (exact) mass is 720 g/mol. The summed E-state index contributed by atoms with van der Waals surface area (Å²) in [5.74, 6) is -2.34. The molecule has 1 saturated heterocycles. The lowest BCUT2D eigenvalue weighted by Gasteiger charge is -2.44. The maximum absolute atomic E-state index is 14.5. The Morgan fingerprint density at radius 2 is 1.58 bits per heavy atom. The molecule has 5 amide bonds. The highest BCUT2D eigenvalue weighted by atomic mass is 32.2. The third-order valence-corrected chi connectivity index (χ3v) is 14.7. The normalized spacial score (nSPS) is 27.4. The SMILES string of the molecule is CCC[C@H](NC(=O)[C@@H]1[C@@H]2[C@H](CN1C(=O)[C@@H](NC(=O)NC1([C@@H](C)S(=O)(=O)N(C)C3CC3)CCCCC1)C(C)(C)C)C2(C)C)C(=O)C(=O)NC1CC1. The molecule has 4 N–H and O–H groups in total. The van der Waals surface area contributed by atoms with E-state index < -0.39 is 73.9 Å². The fraction of sp³-hybridized carbons (Fsp3) is 0.861. The molecule has 5 fully saturated rings. The number of urea groups is 1. The molecule has 0 radical (unpaired) electrons. The van der Waals surface area contributed by atoms with Gasteiger partial charge in [-0.05, 0) is 74.5 Å². The summed E-state index contributed by atoms with van der Waals surface area (Å²) in [5.41, 5.74) is -1.95. The van der Waals surface area contributed by atoms with E-state index in [-0.39, 0.29) is 29.3 Å². The number of sulfonamides is 1. The zero-order chi connectivity index (χ0) is 37.0. The maximum Gasteiger partial charge on any atom is 0.315 e. The fourth-order valence-corrected chi connectivity index (χ4v) is 10.5. The first-order valence-electron chi connectivity index (χ1n) is 18.8. The third-order valence-electron chi connectivity index (χ3n) is 12.3. The zero-order valence-corrected chi connectivity index (χ0v) is 32.1. The summed E-state index contributed by atoms with van der Waals surface area (Å²) in [7, 11) is -2.08. The minimum atomic E-state index is -3.70. The average molecular weight is 721 g/mol. The fourth-order valence-electron chi connectivity index (χ4n) is 8.47. The van der Waals surface area contributed by atoms with Crippen LogP contribution in [0, 0.1) is 22.7 Å². The molecule has 5 rings (SSSR count). The summed E-state index contributed by atoms with van der Waals surface area (Å²) < 4.78 is 28.9. The zero-order valence-electron chi connectivity index (χ0n) is 31.3. The molecule has 0 aromatic heterocycles.